The molecule has 6 heteroatoms. The molecular weight excluding hydrogens is 378 g/mol. The fraction of sp³-hybridized carbons (Fsp3) is 0.429. The lowest BCUT2D eigenvalue weighted by atomic mass is 9.97. The van der Waals surface area contributed by atoms with E-state index < -0.39 is 0 Å². The molecule has 1 aliphatic rings. The number of thiophene rings is 1. The Kier molecular flexibility index (Phi) is 4.99. The second-order valence-electron chi connectivity index (χ2n) is 7.55. The van der Waals surface area contributed by atoms with Gasteiger partial charge in [-0.05, 0) is 62.8 Å². The standard InChI is InChI=1S/C21H24ClN3OS/c1-13(2)25-20(26)18-16-6-4-5-7-17(16)27-19(18)23-21(25)24(3)12-14-8-10-15(22)11-9-14/h8-11,13H,4-7,12H2,1-3H3. The van der Waals surface area contributed by atoms with Crippen LogP contribution in [0.1, 0.15) is 48.7 Å². The summed E-state index contributed by atoms with van der Waals surface area (Å²) in [5.41, 5.74) is 2.49. The highest BCUT2D eigenvalue weighted by molar-refractivity contribution is 7.18. The number of aromatic nitrogens is 2. The zero-order valence-corrected chi connectivity index (χ0v) is 17.5. The Balaban J connectivity index is 1.82. The molecule has 2 aromatic heterocycles. The van der Waals surface area contributed by atoms with Gasteiger partial charge in [-0.2, -0.15) is 0 Å². The summed E-state index contributed by atoms with van der Waals surface area (Å²) in [5.74, 6) is 0.732. The van der Waals surface area contributed by atoms with E-state index in [0.29, 0.717) is 6.54 Å². The van der Waals surface area contributed by atoms with Crippen molar-refractivity contribution in [3.63, 3.8) is 0 Å². The third kappa shape index (κ3) is 3.39. The topological polar surface area (TPSA) is 38.1 Å². The number of aryl methyl sites for hydroxylation is 2. The van der Waals surface area contributed by atoms with Crippen LogP contribution in [0.3, 0.4) is 0 Å². The fourth-order valence-corrected chi connectivity index (χ4v) is 5.25. The van der Waals surface area contributed by atoms with Crippen LogP contribution in [0.15, 0.2) is 29.1 Å². The predicted molar refractivity (Wildman–Crippen MR) is 114 cm³/mol. The molecule has 4 rings (SSSR count). The molecule has 0 aliphatic heterocycles. The van der Waals surface area contributed by atoms with Gasteiger partial charge >= 0.3 is 0 Å². The third-order valence-corrected chi connectivity index (χ3v) is 6.63. The van der Waals surface area contributed by atoms with Crippen LogP contribution in [0.4, 0.5) is 5.95 Å². The molecule has 142 valence electrons. The first-order valence-electron chi connectivity index (χ1n) is 9.48. The summed E-state index contributed by atoms with van der Waals surface area (Å²) in [6.45, 7) is 4.77. The van der Waals surface area contributed by atoms with E-state index in [2.05, 4.69) is 4.90 Å². The summed E-state index contributed by atoms with van der Waals surface area (Å²) in [4.78, 5) is 22.7. The van der Waals surface area contributed by atoms with Crippen LogP contribution in [0.2, 0.25) is 5.02 Å². The Morgan fingerprint density at radius 1 is 1.22 bits per heavy atom. The first-order valence-corrected chi connectivity index (χ1v) is 10.7. The van der Waals surface area contributed by atoms with Gasteiger partial charge in [-0.1, -0.05) is 23.7 Å². The zero-order valence-electron chi connectivity index (χ0n) is 16.0. The lowest BCUT2D eigenvalue weighted by Gasteiger charge is -2.24. The normalized spacial score (nSPS) is 14.0. The van der Waals surface area contributed by atoms with Crippen molar-refractivity contribution in [1.82, 2.24) is 9.55 Å². The molecular formula is C21H24ClN3OS. The average molecular weight is 402 g/mol. The summed E-state index contributed by atoms with van der Waals surface area (Å²) in [6.07, 6.45) is 4.46. The first-order chi connectivity index (χ1) is 13.0. The number of benzene rings is 1. The molecule has 27 heavy (non-hydrogen) atoms. The minimum atomic E-state index is 0.0520. The molecule has 2 heterocycles. The Labute approximate surface area is 168 Å². The minimum absolute atomic E-state index is 0.0520. The van der Waals surface area contributed by atoms with Crippen molar-refractivity contribution in [2.75, 3.05) is 11.9 Å². The van der Waals surface area contributed by atoms with Gasteiger partial charge in [0, 0.05) is 29.5 Å². The predicted octanol–water partition coefficient (Wildman–Crippen LogP) is 5.21. The van der Waals surface area contributed by atoms with Crippen molar-refractivity contribution in [2.45, 2.75) is 52.1 Å². The molecule has 4 nitrogen and oxygen atoms in total. The van der Waals surface area contributed by atoms with E-state index in [1.807, 2.05) is 49.7 Å². The molecule has 0 radical (unpaired) electrons. The smallest absolute Gasteiger partial charge is 0.264 e. The summed E-state index contributed by atoms with van der Waals surface area (Å²) in [5, 5.41) is 1.58. The van der Waals surface area contributed by atoms with Gasteiger partial charge < -0.3 is 4.90 Å². The van der Waals surface area contributed by atoms with Crippen molar-refractivity contribution in [3.8, 4) is 0 Å². The number of nitrogens with zero attached hydrogens (tertiary/aromatic N) is 3. The molecule has 3 aromatic rings. The van der Waals surface area contributed by atoms with Gasteiger partial charge in [0.25, 0.3) is 5.56 Å². The van der Waals surface area contributed by atoms with Crippen LogP contribution >= 0.6 is 22.9 Å². The van der Waals surface area contributed by atoms with Crippen LogP contribution in [-0.2, 0) is 19.4 Å². The van der Waals surface area contributed by atoms with Crippen LogP contribution < -0.4 is 10.5 Å². The Morgan fingerprint density at radius 3 is 2.63 bits per heavy atom. The summed E-state index contributed by atoms with van der Waals surface area (Å²) >= 11 is 7.70. The number of halogens is 1. The summed E-state index contributed by atoms with van der Waals surface area (Å²) in [7, 11) is 1.99. The Bertz CT molecular complexity index is 1040. The molecule has 0 unspecified atom stereocenters. The number of rotatable bonds is 4. The van der Waals surface area contributed by atoms with Crippen LogP contribution in [0, 0.1) is 0 Å². The van der Waals surface area contributed by atoms with Crippen molar-refractivity contribution in [2.24, 2.45) is 0 Å². The lowest BCUT2D eigenvalue weighted by Crippen LogP contribution is -2.31. The van der Waals surface area contributed by atoms with Gasteiger partial charge in [0.15, 0.2) is 0 Å². The van der Waals surface area contributed by atoms with Gasteiger partial charge in [-0.15, -0.1) is 11.3 Å². The van der Waals surface area contributed by atoms with Crippen molar-refractivity contribution in [1.29, 1.82) is 0 Å². The van der Waals surface area contributed by atoms with Gasteiger partial charge in [-0.25, -0.2) is 4.98 Å². The average Bonchev–Trinajstić information content (AvgIpc) is 3.01. The minimum Gasteiger partial charge on any atom is -0.341 e. The second kappa shape index (κ2) is 7.28. The number of hydrogen-bond donors (Lipinski definition) is 0. The molecule has 0 spiro atoms. The van der Waals surface area contributed by atoms with E-state index >= 15 is 0 Å². The van der Waals surface area contributed by atoms with Crippen molar-refractivity contribution >= 4 is 39.1 Å². The molecule has 0 bridgehead atoms. The third-order valence-electron chi connectivity index (χ3n) is 5.19. The molecule has 0 N–H and O–H groups in total. The van der Waals surface area contributed by atoms with Gasteiger partial charge in [0.2, 0.25) is 5.95 Å². The zero-order chi connectivity index (χ0) is 19.1. The molecule has 0 fully saturated rings. The van der Waals surface area contributed by atoms with Gasteiger partial charge in [-0.3, -0.25) is 9.36 Å². The first kappa shape index (κ1) is 18.5. The molecule has 0 saturated carbocycles. The lowest BCUT2D eigenvalue weighted by molar-refractivity contribution is 0.565. The summed E-state index contributed by atoms with van der Waals surface area (Å²) < 4.78 is 1.85. The Morgan fingerprint density at radius 2 is 1.93 bits per heavy atom. The molecule has 0 amide bonds. The van der Waals surface area contributed by atoms with E-state index in [1.165, 1.54) is 16.9 Å². The van der Waals surface area contributed by atoms with Gasteiger partial charge in [0.05, 0.1) is 5.39 Å². The van der Waals surface area contributed by atoms with Crippen LogP contribution in [0.5, 0.6) is 0 Å². The molecule has 0 saturated heterocycles. The van der Waals surface area contributed by atoms with E-state index in [-0.39, 0.29) is 11.6 Å². The Hall–Kier alpha value is -1.85. The summed E-state index contributed by atoms with van der Waals surface area (Å²) in [6, 6.07) is 7.86. The molecule has 1 aromatic carbocycles. The highest BCUT2D eigenvalue weighted by Crippen LogP contribution is 2.35. The van der Waals surface area contributed by atoms with Gasteiger partial charge in [0.1, 0.15) is 4.83 Å². The largest absolute Gasteiger partial charge is 0.341 e. The highest BCUT2D eigenvalue weighted by Gasteiger charge is 2.24. The second-order valence-corrected chi connectivity index (χ2v) is 9.07. The van der Waals surface area contributed by atoms with Crippen molar-refractivity contribution in [3.05, 3.63) is 55.6 Å². The maximum Gasteiger partial charge on any atom is 0.264 e. The number of fused-ring (bicyclic) bond motifs is 3. The quantitative estimate of drug-likeness (QED) is 0.602. The van der Waals surface area contributed by atoms with E-state index in [4.69, 9.17) is 16.6 Å². The monoisotopic (exact) mass is 401 g/mol. The molecule has 1 aliphatic carbocycles. The maximum absolute atomic E-state index is 13.4. The van der Waals surface area contributed by atoms with Crippen LogP contribution in [-0.4, -0.2) is 16.6 Å². The molecule has 0 atom stereocenters. The fourth-order valence-electron chi connectivity index (χ4n) is 3.88. The van der Waals surface area contributed by atoms with Crippen LogP contribution in [0.25, 0.3) is 10.2 Å². The van der Waals surface area contributed by atoms with E-state index in [0.717, 1.165) is 46.0 Å². The maximum atomic E-state index is 13.4. The SMILES string of the molecule is CC(C)n1c(N(C)Cc2ccc(Cl)cc2)nc2sc3c(c2c1=O)CCCC3. The van der Waals surface area contributed by atoms with Crippen molar-refractivity contribution < 1.29 is 0 Å². The van der Waals surface area contributed by atoms with E-state index in [1.54, 1.807) is 11.3 Å². The van der Waals surface area contributed by atoms with E-state index in [9.17, 15) is 4.79 Å². The highest BCUT2D eigenvalue weighted by atomic mass is 35.5. The number of anilines is 1. The number of hydrogen-bond acceptors (Lipinski definition) is 4.